The van der Waals surface area contributed by atoms with Crippen molar-refractivity contribution in [1.29, 1.82) is 0 Å². The highest BCUT2D eigenvalue weighted by molar-refractivity contribution is 6.36. The molecule has 0 spiro atoms. The van der Waals surface area contributed by atoms with Gasteiger partial charge in [-0.3, -0.25) is 9.59 Å². The SMILES string of the molecule is CC[C@H](C)NC(=O)[C@H](Cc1ccccc1)N(Cc1c(Cl)cccc1Cl)C(=O)Cc1c(F)cccc1Cl. The minimum absolute atomic E-state index is 0.0329. The number of amides is 2. The van der Waals surface area contributed by atoms with Crippen LogP contribution in [-0.2, 0) is 29.0 Å². The van der Waals surface area contributed by atoms with Crippen LogP contribution in [0.3, 0.4) is 0 Å². The van der Waals surface area contributed by atoms with Crippen LogP contribution in [0.5, 0.6) is 0 Å². The molecule has 0 fully saturated rings. The zero-order valence-electron chi connectivity index (χ0n) is 20.1. The van der Waals surface area contributed by atoms with E-state index in [1.54, 1.807) is 18.2 Å². The number of carbonyl (C=O) groups excluding carboxylic acids is 2. The topological polar surface area (TPSA) is 49.4 Å². The average Bonchev–Trinajstić information content (AvgIpc) is 2.85. The lowest BCUT2D eigenvalue weighted by Crippen LogP contribution is -2.52. The third kappa shape index (κ3) is 7.22. The van der Waals surface area contributed by atoms with E-state index >= 15 is 0 Å². The lowest BCUT2D eigenvalue weighted by molar-refractivity contribution is -0.141. The molecule has 0 aliphatic rings. The molecule has 3 aromatic carbocycles. The molecule has 2 atom stereocenters. The van der Waals surface area contributed by atoms with Crippen LogP contribution >= 0.6 is 34.8 Å². The maximum atomic E-state index is 14.6. The lowest BCUT2D eigenvalue weighted by Gasteiger charge is -2.33. The number of carbonyl (C=O) groups is 2. The Balaban J connectivity index is 2.06. The van der Waals surface area contributed by atoms with Gasteiger partial charge >= 0.3 is 0 Å². The fourth-order valence-corrected chi connectivity index (χ4v) is 4.55. The van der Waals surface area contributed by atoms with Crippen molar-refractivity contribution < 1.29 is 14.0 Å². The quantitative estimate of drug-likeness (QED) is 0.300. The van der Waals surface area contributed by atoms with Gasteiger partial charge in [-0.25, -0.2) is 4.39 Å². The zero-order valence-corrected chi connectivity index (χ0v) is 22.4. The van der Waals surface area contributed by atoms with Crippen molar-refractivity contribution in [3.63, 3.8) is 0 Å². The molecule has 0 heterocycles. The normalized spacial score (nSPS) is 12.6. The molecular weight excluding hydrogens is 522 g/mol. The van der Waals surface area contributed by atoms with Crippen LogP contribution in [0, 0.1) is 5.82 Å². The van der Waals surface area contributed by atoms with Crippen molar-refractivity contribution in [1.82, 2.24) is 10.2 Å². The van der Waals surface area contributed by atoms with Gasteiger partial charge in [-0.05, 0) is 43.2 Å². The van der Waals surface area contributed by atoms with Crippen molar-refractivity contribution in [3.05, 3.63) is 104 Å². The van der Waals surface area contributed by atoms with E-state index in [0.717, 1.165) is 12.0 Å². The number of benzene rings is 3. The summed E-state index contributed by atoms with van der Waals surface area (Å²) >= 11 is 19.1. The molecule has 2 amide bonds. The number of nitrogens with one attached hydrogen (secondary N) is 1. The van der Waals surface area contributed by atoms with Crippen LogP contribution in [0.4, 0.5) is 4.39 Å². The predicted molar refractivity (Wildman–Crippen MR) is 144 cm³/mol. The summed E-state index contributed by atoms with van der Waals surface area (Å²) in [6.45, 7) is 3.83. The number of halogens is 4. The van der Waals surface area contributed by atoms with Gasteiger partial charge < -0.3 is 10.2 Å². The summed E-state index contributed by atoms with van der Waals surface area (Å²) in [6.07, 6.45) is 0.649. The van der Waals surface area contributed by atoms with Gasteiger partial charge in [0.15, 0.2) is 0 Å². The highest BCUT2D eigenvalue weighted by Gasteiger charge is 2.32. The van der Waals surface area contributed by atoms with E-state index < -0.39 is 17.8 Å². The first-order valence-electron chi connectivity index (χ1n) is 11.7. The monoisotopic (exact) mass is 548 g/mol. The fraction of sp³-hybridized carbons (Fsp3) is 0.286. The fourth-order valence-electron chi connectivity index (χ4n) is 3.80. The van der Waals surface area contributed by atoms with Crippen LogP contribution in [-0.4, -0.2) is 28.8 Å². The van der Waals surface area contributed by atoms with Crippen LogP contribution < -0.4 is 5.32 Å². The summed E-state index contributed by atoms with van der Waals surface area (Å²) in [6, 6.07) is 17.7. The van der Waals surface area contributed by atoms with Crippen LogP contribution in [0.15, 0.2) is 66.7 Å². The molecule has 8 heteroatoms. The van der Waals surface area contributed by atoms with Gasteiger partial charge in [0, 0.05) is 45.2 Å². The largest absolute Gasteiger partial charge is 0.352 e. The third-order valence-electron chi connectivity index (χ3n) is 6.05. The molecule has 0 bridgehead atoms. The van der Waals surface area contributed by atoms with E-state index in [1.807, 2.05) is 44.2 Å². The highest BCUT2D eigenvalue weighted by Crippen LogP contribution is 2.28. The second-order valence-corrected chi connectivity index (χ2v) is 9.84. The van der Waals surface area contributed by atoms with E-state index in [4.69, 9.17) is 34.8 Å². The number of rotatable bonds is 10. The van der Waals surface area contributed by atoms with Crippen LogP contribution in [0.1, 0.15) is 37.0 Å². The van der Waals surface area contributed by atoms with Gasteiger partial charge in [-0.2, -0.15) is 0 Å². The first-order chi connectivity index (χ1) is 17.2. The predicted octanol–water partition coefficient (Wildman–Crippen LogP) is 6.88. The lowest BCUT2D eigenvalue weighted by atomic mass is 10.0. The molecule has 0 radical (unpaired) electrons. The third-order valence-corrected chi connectivity index (χ3v) is 7.11. The summed E-state index contributed by atoms with van der Waals surface area (Å²) in [4.78, 5) is 28.7. The molecule has 190 valence electrons. The Labute approximate surface area is 226 Å². The van der Waals surface area contributed by atoms with Gasteiger partial charge in [0.05, 0.1) is 6.42 Å². The van der Waals surface area contributed by atoms with Crippen molar-refractivity contribution in [2.24, 2.45) is 0 Å². The Hall–Kier alpha value is -2.60. The minimum atomic E-state index is -0.896. The van der Waals surface area contributed by atoms with E-state index in [0.29, 0.717) is 15.6 Å². The Bertz CT molecular complexity index is 1170. The first kappa shape index (κ1) is 28.0. The Kier molecular flexibility index (Phi) is 10.2. The molecule has 0 saturated heterocycles. The maximum Gasteiger partial charge on any atom is 0.243 e. The summed E-state index contributed by atoms with van der Waals surface area (Å²) in [5.41, 5.74) is 1.44. The summed E-state index contributed by atoms with van der Waals surface area (Å²) in [7, 11) is 0. The van der Waals surface area contributed by atoms with Crippen molar-refractivity contribution in [2.45, 2.75) is 51.7 Å². The van der Waals surface area contributed by atoms with Gasteiger partial charge in [0.25, 0.3) is 0 Å². The minimum Gasteiger partial charge on any atom is -0.352 e. The number of hydrogen-bond acceptors (Lipinski definition) is 2. The molecule has 0 unspecified atom stereocenters. The van der Waals surface area contributed by atoms with Crippen molar-refractivity contribution >= 4 is 46.6 Å². The number of hydrogen-bond donors (Lipinski definition) is 1. The second-order valence-electron chi connectivity index (χ2n) is 8.62. The molecule has 0 aromatic heterocycles. The molecule has 3 rings (SSSR count). The van der Waals surface area contributed by atoms with Gasteiger partial charge in [-0.15, -0.1) is 0 Å². The van der Waals surface area contributed by atoms with Crippen LogP contribution in [0.2, 0.25) is 15.1 Å². The second kappa shape index (κ2) is 13.1. The Morgan fingerprint density at radius 1 is 0.889 bits per heavy atom. The Morgan fingerprint density at radius 2 is 1.47 bits per heavy atom. The highest BCUT2D eigenvalue weighted by atomic mass is 35.5. The smallest absolute Gasteiger partial charge is 0.243 e. The standard InChI is InChI=1S/C28H28Cl3FN2O2/c1-3-18(2)33-28(36)26(15-19-9-5-4-6-10-19)34(17-21-23(30)11-7-12-24(21)31)27(35)16-20-22(29)13-8-14-25(20)32/h4-14,18,26H,3,15-17H2,1-2H3,(H,33,36)/t18-,26-/m0/s1. The van der Waals surface area contributed by atoms with Gasteiger partial charge in [-0.1, -0.05) is 84.2 Å². The Morgan fingerprint density at radius 3 is 2.06 bits per heavy atom. The molecule has 4 nitrogen and oxygen atoms in total. The molecule has 0 aliphatic carbocycles. The molecule has 0 aliphatic heterocycles. The molecular formula is C28H28Cl3FN2O2. The molecule has 1 N–H and O–H groups in total. The van der Waals surface area contributed by atoms with E-state index in [2.05, 4.69) is 5.32 Å². The van der Waals surface area contributed by atoms with E-state index in [-0.39, 0.29) is 41.9 Å². The van der Waals surface area contributed by atoms with E-state index in [9.17, 15) is 14.0 Å². The molecule has 36 heavy (non-hydrogen) atoms. The summed E-state index contributed by atoms with van der Waals surface area (Å²) in [5, 5.41) is 3.86. The zero-order chi connectivity index (χ0) is 26.2. The average molecular weight is 550 g/mol. The van der Waals surface area contributed by atoms with Gasteiger partial charge in [0.2, 0.25) is 11.8 Å². The van der Waals surface area contributed by atoms with E-state index in [1.165, 1.54) is 23.1 Å². The summed E-state index contributed by atoms with van der Waals surface area (Å²) < 4.78 is 14.6. The summed E-state index contributed by atoms with van der Waals surface area (Å²) in [5.74, 6) is -1.38. The maximum absolute atomic E-state index is 14.6. The van der Waals surface area contributed by atoms with Crippen molar-refractivity contribution in [2.75, 3.05) is 0 Å². The number of nitrogens with zero attached hydrogens (tertiary/aromatic N) is 1. The van der Waals surface area contributed by atoms with Crippen molar-refractivity contribution in [3.8, 4) is 0 Å². The first-order valence-corrected chi connectivity index (χ1v) is 12.8. The van der Waals surface area contributed by atoms with Gasteiger partial charge in [0.1, 0.15) is 11.9 Å². The molecule has 0 saturated carbocycles. The molecule has 3 aromatic rings. The van der Waals surface area contributed by atoms with Crippen LogP contribution in [0.25, 0.3) is 0 Å².